The highest BCUT2D eigenvalue weighted by atomic mass is 19.1. The van der Waals surface area contributed by atoms with Crippen LogP contribution in [0.5, 0.6) is 0 Å². The van der Waals surface area contributed by atoms with Gasteiger partial charge in [-0.3, -0.25) is 14.6 Å². The van der Waals surface area contributed by atoms with E-state index in [9.17, 15) is 14.0 Å². The van der Waals surface area contributed by atoms with E-state index >= 15 is 0 Å². The minimum absolute atomic E-state index is 0.00162. The molecule has 2 bridgehead atoms. The molecule has 3 atom stereocenters. The van der Waals surface area contributed by atoms with Crippen molar-refractivity contribution in [1.82, 2.24) is 15.2 Å². The monoisotopic (exact) mass is 512 g/mol. The Hall–Kier alpha value is -3.87. The Morgan fingerprint density at radius 3 is 2.79 bits per heavy atom. The number of halogens is 1. The maximum absolute atomic E-state index is 13.6. The van der Waals surface area contributed by atoms with Crippen molar-refractivity contribution >= 4 is 17.5 Å². The van der Waals surface area contributed by atoms with Crippen LogP contribution in [0.3, 0.4) is 0 Å². The van der Waals surface area contributed by atoms with Crippen LogP contribution in [0.4, 0.5) is 4.39 Å². The number of nitrogens with zero attached hydrogens (tertiary/aromatic N) is 3. The van der Waals surface area contributed by atoms with Gasteiger partial charge in [-0.15, -0.1) is 0 Å². The van der Waals surface area contributed by atoms with Crippen LogP contribution in [0.1, 0.15) is 42.4 Å². The van der Waals surface area contributed by atoms with Gasteiger partial charge in [0.1, 0.15) is 11.5 Å². The van der Waals surface area contributed by atoms with Gasteiger partial charge in [0.2, 0.25) is 5.91 Å². The molecule has 7 heteroatoms. The Kier molecular flexibility index (Phi) is 7.63. The summed E-state index contributed by atoms with van der Waals surface area (Å²) < 4.78 is 13.5. The van der Waals surface area contributed by atoms with E-state index in [0.717, 1.165) is 29.8 Å². The number of aryl methyl sites for hydroxylation is 1. The smallest absolute Gasteiger partial charge is 0.269 e. The third-order valence-corrected chi connectivity index (χ3v) is 7.83. The Balaban J connectivity index is 1.24. The lowest BCUT2D eigenvalue weighted by Crippen LogP contribution is -2.35. The van der Waals surface area contributed by atoms with Gasteiger partial charge < -0.3 is 10.2 Å². The summed E-state index contributed by atoms with van der Waals surface area (Å²) in [5.74, 6) is -0.122. The number of fused-ring (bicyclic) bond motifs is 2. The fourth-order valence-electron chi connectivity index (χ4n) is 5.51. The zero-order valence-corrected chi connectivity index (χ0v) is 21.9. The quantitative estimate of drug-likeness (QED) is 0.611. The summed E-state index contributed by atoms with van der Waals surface area (Å²) in [5, 5.41) is 2.95. The van der Waals surface area contributed by atoms with Gasteiger partial charge in [0, 0.05) is 49.2 Å². The Morgan fingerprint density at radius 2 is 2.00 bits per heavy atom. The molecule has 5 rings (SSSR count). The third-order valence-electron chi connectivity index (χ3n) is 7.83. The van der Waals surface area contributed by atoms with Crippen molar-refractivity contribution in [2.24, 2.45) is 16.8 Å². The highest BCUT2D eigenvalue weighted by Crippen LogP contribution is 2.34. The first-order valence-corrected chi connectivity index (χ1v) is 13.3. The molecule has 3 heterocycles. The van der Waals surface area contributed by atoms with Crippen molar-refractivity contribution in [2.75, 3.05) is 19.6 Å². The van der Waals surface area contributed by atoms with Crippen LogP contribution in [0.25, 0.3) is 0 Å². The standard InChI is InChI=1S/C31H33FN4O2/c1-20-16-22(6-7-28(20)32)8-14-34-30(37)29-18-25-17-26(35-29)4-3-5-27(21(25)2)31(38)36-15-11-24(19-36)23-9-12-33-13-10-23/h3-7,9-10,12-13,16,18,21,24-25H,8,11,14-15,17,19H2,1-2H3,(H,34,37)/b4-3-,27-5+. The largest absolute Gasteiger partial charge is 0.350 e. The molecule has 196 valence electrons. The Morgan fingerprint density at radius 1 is 1.18 bits per heavy atom. The number of carbonyl (C=O) groups excluding carboxylic acids is 2. The van der Waals surface area contributed by atoms with Crippen molar-refractivity contribution in [3.63, 3.8) is 0 Å². The maximum Gasteiger partial charge on any atom is 0.269 e. The molecule has 3 aliphatic rings. The second-order valence-electron chi connectivity index (χ2n) is 10.4. The molecule has 0 saturated carbocycles. The number of nitrogens with one attached hydrogen (secondary N) is 1. The number of aliphatic imine (C=N–C) groups is 1. The molecule has 1 aromatic heterocycles. The Bertz CT molecular complexity index is 1340. The highest BCUT2D eigenvalue weighted by molar-refractivity contribution is 6.04. The number of amides is 2. The molecule has 2 aliphatic heterocycles. The number of likely N-dealkylation sites (tertiary alicyclic amines) is 1. The summed E-state index contributed by atoms with van der Waals surface area (Å²) in [6.45, 7) is 5.66. The first-order chi connectivity index (χ1) is 18.4. The van der Waals surface area contributed by atoms with Crippen LogP contribution in [-0.2, 0) is 16.0 Å². The number of benzene rings is 1. The molecular formula is C31H33FN4O2. The number of hydrogen-bond donors (Lipinski definition) is 1. The number of hydrogen-bond acceptors (Lipinski definition) is 4. The number of pyridine rings is 1. The third kappa shape index (κ3) is 5.67. The van der Waals surface area contributed by atoms with Crippen molar-refractivity contribution in [2.45, 2.75) is 39.0 Å². The molecule has 1 fully saturated rings. The van der Waals surface area contributed by atoms with Crippen molar-refractivity contribution < 1.29 is 14.0 Å². The molecule has 2 aromatic rings. The first-order valence-electron chi connectivity index (χ1n) is 13.3. The molecule has 1 aromatic carbocycles. The summed E-state index contributed by atoms with van der Waals surface area (Å²) >= 11 is 0. The van der Waals surface area contributed by atoms with E-state index < -0.39 is 0 Å². The van der Waals surface area contributed by atoms with Crippen LogP contribution in [0.15, 0.2) is 83.3 Å². The van der Waals surface area contributed by atoms with Crippen molar-refractivity contribution in [1.29, 1.82) is 0 Å². The fraction of sp³-hybridized carbons (Fsp3) is 0.355. The van der Waals surface area contributed by atoms with E-state index in [2.05, 4.69) is 22.2 Å². The molecule has 3 unspecified atom stereocenters. The summed E-state index contributed by atoms with van der Waals surface area (Å²) in [4.78, 5) is 37.2. The van der Waals surface area contributed by atoms with Crippen LogP contribution < -0.4 is 5.32 Å². The second kappa shape index (κ2) is 11.3. The SMILES string of the molecule is Cc1cc(CCNC(=O)C2=CC3CC(=N2)/C=C\C=C(\C(=O)N2CCC(c4ccncc4)C2)C3C)ccc1F. The normalized spacial score (nSPS) is 24.9. The molecular weight excluding hydrogens is 479 g/mol. The summed E-state index contributed by atoms with van der Waals surface area (Å²) in [5.41, 5.74) is 4.77. The number of carbonyl (C=O) groups is 2. The first kappa shape index (κ1) is 25.8. The minimum Gasteiger partial charge on any atom is -0.350 e. The van der Waals surface area contributed by atoms with Gasteiger partial charge in [-0.05, 0) is 85.1 Å². The zero-order valence-electron chi connectivity index (χ0n) is 21.9. The van der Waals surface area contributed by atoms with Crippen molar-refractivity contribution in [3.05, 3.63) is 101 Å². The zero-order chi connectivity index (χ0) is 26.6. The van der Waals surface area contributed by atoms with Crippen LogP contribution in [0, 0.1) is 24.6 Å². The molecule has 38 heavy (non-hydrogen) atoms. The number of rotatable bonds is 6. The summed E-state index contributed by atoms with van der Waals surface area (Å²) in [6.07, 6.45) is 13.4. The fourth-order valence-corrected chi connectivity index (χ4v) is 5.51. The molecule has 2 amide bonds. The van der Waals surface area contributed by atoms with Crippen LogP contribution in [0.2, 0.25) is 0 Å². The predicted molar refractivity (Wildman–Crippen MR) is 146 cm³/mol. The minimum atomic E-state index is -0.233. The molecule has 6 nitrogen and oxygen atoms in total. The molecule has 1 aliphatic carbocycles. The van der Waals surface area contributed by atoms with Gasteiger partial charge >= 0.3 is 0 Å². The maximum atomic E-state index is 13.6. The van der Waals surface area contributed by atoms with Crippen molar-refractivity contribution in [3.8, 4) is 0 Å². The summed E-state index contributed by atoms with van der Waals surface area (Å²) in [7, 11) is 0. The molecule has 1 saturated heterocycles. The van der Waals surface area contributed by atoms with Gasteiger partial charge in [0.05, 0.1) is 0 Å². The van der Waals surface area contributed by atoms with E-state index in [1.165, 1.54) is 11.6 Å². The lowest BCUT2D eigenvalue weighted by Gasteiger charge is -2.29. The van der Waals surface area contributed by atoms with E-state index in [1.807, 2.05) is 41.3 Å². The van der Waals surface area contributed by atoms with E-state index in [-0.39, 0.29) is 29.5 Å². The van der Waals surface area contributed by atoms with E-state index in [0.29, 0.717) is 43.1 Å². The lowest BCUT2D eigenvalue weighted by molar-refractivity contribution is -0.126. The van der Waals surface area contributed by atoms with Gasteiger partial charge in [-0.2, -0.15) is 0 Å². The lowest BCUT2D eigenvalue weighted by atomic mass is 9.80. The second-order valence-corrected chi connectivity index (χ2v) is 10.4. The van der Waals surface area contributed by atoms with Crippen LogP contribution >= 0.6 is 0 Å². The van der Waals surface area contributed by atoms with Gasteiger partial charge in [-0.25, -0.2) is 9.38 Å². The van der Waals surface area contributed by atoms with E-state index in [4.69, 9.17) is 0 Å². The summed E-state index contributed by atoms with van der Waals surface area (Å²) in [6, 6.07) is 9.05. The van der Waals surface area contributed by atoms with E-state index in [1.54, 1.807) is 31.5 Å². The Labute approximate surface area is 223 Å². The number of allylic oxidation sites excluding steroid dienone is 4. The highest BCUT2D eigenvalue weighted by Gasteiger charge is 2.34. The topological polar surface area (TPSA) is 74.7 Å². The average molecular weight is 513 g/mol. The van der Waals surface area contributed by atoms with Crippen LogP contribution in [-0.4, -0.2) is 47.0 Å². The molecule has 0 spiro atoms. The molecule has 0 radical (unpaired) electrons. The van der Waals surface area contributed by atoms with Gasteiger partial charge in [-0.1, -0.05) is 31.2 Å². The van der Waals surface area contributed by atoms with Gasteiger partial charge in [0.15, 0.2) is 0 Å². The number of aromatic nitrogens is 1. The van der Waals surface area contributed by atoms with Gasteiger partial charge in [0.25, 0.3) is 5.91 Å². The average Bonchev–Trinajstić information content (AvgIpc) is 3.43. The molecule has 1 N–H and O–H groups in total. The predicted octanol–water partition coefficient (Wildman–Crippen LogP) is 4.68.